The Hall–Kier alpha value is -2.55. The van der Waals surface area contributed by atoms with Crippen LogP contribution in [0.4, 0.5) is 5.69 Å². The highest BCUT2D eigenvalue weighted by molar-refractivity contribution is 5.78. The zero-order chi connectivity index (χ0) is 14.8. The summed E-state index contributed by atoms with van der Waals surface area (Å²) in [6, 6.07) is 13.6. The van der Waals surface area contributed by atoms with E-state index in [9.17, 15) is 4.79 Å². The molecule has 0 saturated carbocycles. The molecule has 1 N–H and O–H groups in total. The highest BCUT2D eigenvalue weighted by atomic mass is 16.3. The van der Waals surface area contributed by atoms with Crippen molar-refractivity contribution in [1.82, 2.24) is 0 Å². The van der Waals surface area contributed by atoms with Gasteiger partial charge in [-0.3, -0.25) is 4.79 Å². The van der Waals surface area contributed by atoms with Gasteiger partial charge in [0.2, 0.25) is 0 Å². The summed E-state index contributed by atoms with van der Waals surface area (Å²) in [5.41, 5.74) is 4.52. The summed E-state index contributed by atoms with van der Waals surface area (Å²) in [4.78, 5) is 12.5. The number of fused-ring (bicyclic) bond motifs is 1. The molecule has 0 aliphatic carbocycles. The number of hydrogen-bond acceptors (Lipinski definition) is 3. The molecule has 3 rings (SSSR count). The fourth-order valence-electron chi connectivity index (χ4n) is 2.30. The van der Waals surface area contributed by atoms with E-state index in [0.29, 0.717) is 23.1 Å². The third-order valence-electron chi connectivity index (χ3n) is 3.72. The van der Waals surface area contributed by atoms with Crippen molar-refractivity contribution in [3.63, 3.8) is 0 Å². The van der Waals surface area contributed by atoms with Crippen LogP contribution >= 0.6 is 0 Å². The van der Waals surface area contributed by atoms with E-state index in [1.807, 2.05) is 56.3 Å². The minimum Gasteiger partial charge on any atom is -0.464 e. The number of rotatable bonds is 3. The van der Waals surface area contributed by atoms with Crippen molar-refractivity contribution in [2.45, 2.75) is 20.4 Å². The van der Waals surface area contributed by atoms with E-state index in [2.05, 4.69) is 5.32 Å². The molecule has 1 heterocycles. The monoisotopic (exact) mass is 279 g/mol. The first-order valence-electron chi connectivity index (χ1n) is 6.96. The Balaban J connectivity index is 1.95. The lowest BCUT2D eigenvalue weighted by Crippen LogP contribution is -2.13. The molecule has 0 unspecified atom stereocenters. The van der Waals surface area contributed by atoms with Gasteiger partial charge in [0.05, 0.1) is 17.2 Å². The first-order valence-corrected chi connectivity index (χ1v) is 6.96. The second-order valence-electron chi connectivity index (χ2n) is 5.24. The number of anilines is 1. The zero-order valence-corrected chi connectivity index (χ0v) is 12.1. The molecule has 0 fully saturated rings. The molecule has 106 valence electrons. The van der Waals surface area contributed by atoms with Crippen molar-refractivity contribution >= 4 is 16.7 Å². The lowest BCUT2D eigenvalue weighted by Gasteiger charge is -2.07. The summed E-state index contributed by atoms with van der Waals surface area (Å²) >= 11 is 0. The fraction of sp³-hybridized carbons (Fsp3) is 0.167. The molecule has 2 aromatic carbocycles. The van der Waals surface area contributed by atoms with E-state index in [4.69, 9.17) is 4.42 Å². The third kappa shape index (κ3) is 2.68. The average molecular weight is 279 g/mol. The second kappa shape index (κ2) is 5.44. The van der Waals surface area contributed by atoms with Gasteiger partial charge in [-0.15, -0.1) is 0 Å². The first kappa shape index (κ1) is 13.4. The van der Waals surface area contributed by atoms with Crippen LogP contribution in [0.3, 0.4) is 0 Å². The van der Waals surface area contributed by atoms with Gasteiger partial charge < -0.3 is 9.73 Å². The normalized spacial score (nSPS) is 10.8. The predicted molar refractivity (Wildman–Crippen MR) is 85.7 cm³/mol. The largest absolute Gasteiger partial charge is 0.464 e. The Morgan fingerprint density at radius 2 is 1.76 bits per heavy atom. The fourth-order valence-corrected chi connectivity index (χ4v) is 2.30. The lowest BCUT2D eigenvalue weighted by atomic mass is 10.1. The minimum absolute atomic E-state index is 0.0304. The van der Waals surface area contributed by atoms with Gasteiger partial charge in [0.1, 0.15) is 5.58 Å². The smallest absolute Gasteiger partial charge is 0.197 e. The van der Waals surface area contributed by atoms with Crippen LogP contribution in [0, 0.1) is 13.8 Å². The molecule has 3 nitrogen and oxygen atoms in total. The van der Waals surface area contributed by atoms with Crippen LogP contribution in [0.15, 0.2) is 57.9 Å². The molecule has 0 saturated heterocycles. The number of hydrogen-bond donors (Lipinski definition) is 1. The number of nitrogens with one attached hydrogen (secondary N) is 1. The van der Waals surface area contributed by atoms with Crippen molar-refractivity contribution < 1.29 is 4.42 Å². The van der Waals surface area contributed by atoms with Crippen LogP contribution in [-0.4, -0.2) is 0 Å². The Bertz CT molecular complexity index is 835. The summed E-state index contributed by atoms with van der Waals surface area (Å²) in [6.45, 7) is 4.47. The first-order chi connectivity index (χ1) is 10.1. The molecule has 0 aliphatic heterocycles. The molecule has 0 atom stereocenters. The highest BCUT2D eigenvalue weighted by Crippen LogP contribution is 2.17. The van der Waals surface area contributed by atoms with Crippen molar-refractivity contribution in [2.24, 2.45) is 0 Å². The maximum Gasteiger partial charge on any atom is 0.197 e. The molecule has 21 heavy (non-hydrogen) atoms. The molecule has 0 aliphatic rings. The maximum absolute atomic E-state index is 12.5. The van der Waals surface area contributed by atoms with Crippen LogP contribution in [-0.2, 0) is 6.54 Å². The molecule has 1 aromatic heterocycles. The van der Waals surface area contributed by atoms with Gasteiger partial charge in [-0.25, -0.2) is 0 Å². The topological polar surface area (TPSA) is 42.2 Å². The summed E-state index contributed by atoms with van der Waals surface area (Å²) in [7, 11) is 0. The standard InChI is InChI=1S/C18H17NO2/c1-12-8-16-17(9-13(12)2)21-11-14(18(16)20)10-19-15-6-4-3-5-7-15/h3-9,11,19H,10H2,1-2H3. The minimum atomic E-state index is 0.0304. The van der Waals surface area contributed by atoms with Gasteiger partial charge in [-0.2, -0.15) is 0 Å². The van der Waals surface area contributed by atoms with Crippen molar-refractivity contribution in [2.75, 3.05) is 5.32 Å². The van der Waals surface area contributed by atoms with Crippen LogP contribution < -0.4 is 10.7 Å². The van der Waals surface area contributed by atoms with Gasteiger partial charge >= 0.3 is 0 Å². The lowest BCUT2D eigenvalue weighted by molar-refractivity contribution is 0.593. The summed E-state index contributed by atoms with van der Waals surface area (Å²) in [6.07, 6.45) is 1.55. The van der Waals surface area contributed by atoms with E-state index in [-0.39, 0.29) is 5.43 Å². The summed E-state index contributed by atoms with van der Waals surface area (Å²) in [5.74, 6) is 0. The third-order valence-corrected chi connectivity index (χ3v) is 3.72. The molecular weight excluding hydrogens is 262 g/mol. The van der Waals surface area contributed by atoms with Crippen molar-refractivity contribution in [3.05, 3.63) is 75.6 Å². The summed E-state index contributed by atoms with van der Waals surface area (Å²) in [5, 5.41) is 3.88. The van der Waals surface area contributed by atoms with Crippen molar-refractivity contribution in [3.8, 4) is 0 Å². The molecule has 3 heteroatoms. The second-order valence-corrected chi connectivity index (χ2v) is 5.24. The Morgan fingerprint density at radius 3 is 2.52 bits per heavy atom. The molecular formula is C18H17NO2. The molecule has 0 bridgehead atoms. The predicted octanol–water partition coefficient (Wildman–Crippen LogP) is 4.02. The van der Waals surface area contributed by atoms with Gasteiger partial charge in [0.15, 0.2) is 5.43 Å². The molecule has 0 amide bonds. The Morgan fingerprint density at radius 1 is 1.05 bits per heavy atom. The molecule has 0 radical (unpaired) electrons. The molecule has 0 spiro atoms. The van der Waals surface area contributed by atoms with Crippen LogP contribution in [0.2, 0.25) is 0 Å². The zero-order valence-electron chi connectivity index (χ0n) is 12.1. The van der Waals surface area contributed by atoms with E-state index in [0.717, 1.165) is 16.8 Å². The van der Waals surface area contributed by atoms with Gasteiger partial charge in [0.25, 0.3) is 0 Å². The van der Waals surface area contributed by atoms with Crippen LogP contribution in [0.1, 0.15) is 16.7 Å². The number of benzene rings is 2. The number of para-hydroxylation sites is 1. The molecule has 3 aromatic rings. The average Bonchev–Trinajstić information content (AvgIpc) is 2.50. The van der Waals surface area contributed by atoms with Crippen LogP contribution in [0.5, 0.6) is 0 Å². The van der Waals surface area contributed by atoms with Crippen molar-refractivity contribution in [1.29, 1.82) is 0 Å². The van der Waals surface area contributed by atoms with Crippen LogP contribution in [0.25, 0.3) is 11.0 Å². The van der Waals surface area contributed by atoms with Gasteiger partial charge in [0, 0.05) is 12.2 Å². The van der Waals surface area contributed by atoms with E-state index in [1.165, 1.54) is 0 Å². The Labute approximate surface area is 123 Å². The Kier molecular flexibility index (Phi) is 3.48. The highest BCUT2D eigenvalue weighted by Gasteiger charge is 2.08. The maximum atomic E-state index is 12.5. The SMILES string of the molecule is Cc1cc2occ(CNc3ccccc3)c(=O)c2cc1C. The van der Waals surface area contributed by atoms with E-state index < -0.39 is 0 Å². The van der Waals surface area contributed by atoms with Gasteiger partial charge in [-0.05, 0) is 49.2 Å². The summed E-state index contributed by atoms with van der Waals surface area (Å²) < 4.78 is 5.61. The van der Waals surface area contributed by atoms with Gasteiger partial charge in [-0.1, -0.05) is 18.2 Å². The van der Waals surface area contributed by atoms with E-state index >= 15 is 0 Å². The quantitative estimate of drug-likeness (QED) is 0.787. The van der Waals surface area contributed by atoms with E-state index in [1.54, 1.807) is 6.26 Å². The number of aryl methyl sites for hydroxylation is 2.